The number of methoxy groups -OCH3 is 1. The van der Waals surface area contributed by atoms with E-state index < -0.39 is 0 Å². The fourth-order valence-corrected chi connectivity index (χ4v) is 2.06. The predicted molar refractivity (Wildman–Crippen MR) is 80.8 cm³/mol. The van der Waals surface area contributed by atoms with Crippen LogP contribution in [0.1, 0.15) is 54.4 Å². The molecule has 0 amide bonds. The van der Waals surface area contributed by atoms with Crippen molar-refractivity contribution < 1.29 is 9.47 Å². The van der Waals surface area contributed by atoms with Crippen LogP contribution in [0.25, 0.3) is 0 Å². The highest BCUT2D eigenvalue weighted by molar-refractivity contribution is 5.21. The molecule has 0 spiro atoms. The van der Waals surface area contributed by atoms with Crippen LogP contribution in [0.5, 0.6) is 0 Å². The highest BCUT2D eigenvalue weighted by Gasteiger charge is 2.30. The highest BCUT2D eigenvalue weighted by Crippen LogP contribution is 2.39. The van der Waals surface area contributed by atoms with Gasteiger partial charge in [-0.05, 0) is 25.0 Å². The molecule has 1 aliphatic rings. The molecule has 0 aromatic rings. The monoisotopic (exact) mass is 266 g/mol. The van der Waals surface area contributed by atoms with Gasteiger partial charge in [-0.1, -0.05) is 41.5 Å². The Labute approximate surface area is 118 Å². The predicted octanol–water partition coefficient (Wildman–Crippen LogP) is 4.92. The minimum absolute atomic E-state index is 0.0598. The molecule has 0 aliphatic carbocycles. The Kier molecular flexibility index (Phi) is 5.26. The van der Waals surface area contributed by atoms with Crippen molar-refractivity contribution in [2.75, 3.05) is 13.7 Å². The zero-order valence-electron chi connectivity index (χ0n) is 13.7. The molecule has 0 aromatic heterocycles. The molecule has 110 valence electrons. The summed E-state index contributed by atoms with van der Waals surface area (Å²) in [5, 5.41) is 0. The smallest absolute Gasteiger partial charge is 0.106 e. The first-order valence-corrected chi connectivity index (χ1v) is 7.26. The minimum Gasteiger partial charge on any atom is -0.466 e. The topological polar surface area (TPSA) is 18.5 Å². The standard InChI is InChI=1S/C17H30O2/c1-16(2,3)14-11-13(9-8-10-18-7)12-15(19-14)17(4,5)6/h11-13H,8-10H2,1-7H3. The first-order valence-electron chi connectivity index (χ1n) is 7.26. The average Bonchev–Trinajstić information content (AvgIpc) is 2.27. The maximum absolute atomic E-state index is 6.14. The Bertz CT molecular complexity index is 320. The zero-order chi connectivity index (χ0) is 14.7. The fourth-order valence-electron chi connectivity index (χ4n) is 2.06. The van der Waals surface area contributed by atoms with Crippen LogP contribution in [-0.4, -0.2) is 13.7 Å². The van der Waals surface area contributed by atoms with E-state index in [0.717, 1.165) is 31.0 Å². The van der Waals surface area contributed by atoms with Gasteiger partial charge in [-0.25, -0.2) is 0 Å². The van der Waals surface area contributed by atoms with Gasteiger partial charge in [-0.3, -0.25) is 0 Å². The first kappa shape index (κ1) is 16.3. The zero-order valence-corrected chi connectivity index (χ0v) is 13.7. The van der Waals surface area contributed by atoms with E-state index in [2.05, 4.69) is 53.7 Å². The summed E-state index contributed by atoms with van der Waals surface area (Å²) in [6, 6.07) is 0. The molecule has 0 N–H and O–H groups in total. The molecule has 0 atom stereocenters. The lowest BCUT2D eigenvalue weighted by atomic mass is 9.84. The van der Waals surface area contributed by atoms with Crippen LogP contribution in [0.4, 0.5) is 0 Å². The highest BCUT2D eigenvalue weighted by atomic mass is 16.5. The van der Waals surface area contributed by atoms with Crippen LogP contribution in [0.3, 0.4) is 0 Å². The SMILES string of the molecule is COCCCC1C=C(C(C)(C)C)OC(C(C)(C)C)=C1. The third-order valence-electron chi connectivity index (χ3n) is 3.32. The maximum Gasteiger partial charge on any atom is 0.106 e. The van der Waals surface area contributed by atoms with Gasteiger partial charge in [0.2, 0.25) is 0 Å². The Morgan fingerprint density at radius 3 is 1.84 bits per heavy atom. The molecule has 0 radical (unpaired) electrons. The van der Waals surface area contributed by atoms with Crippen LogP contribution in [0.15, 0.2) is 23.7 Å². The summed E-state index contributed by atoms with van der Waals surface area (Å²) in [4.78, 5) is 0. The van der Waals surface area contributed by atoms with Crippen molar-refractivity contribution in [1.29, 1.82) is 0 Å². The summed E-state index contributed by atoms with van der Waals surface area (Å²) >= 11 is 0. The second-order valence-corrected chi connectivity index (χ2v) is 7.46. The lowest BCUT2D eigenvalue weighted by Crippen LogP contribution is -2.23. The average molecular weight is 266 g/mol. The third-order valence-corrected chi connectivity index (χ3v) is 3.32. The van der Waals surface area contributed by atoms with Gasteiger partial charge in [0, 0.05) is 30.5 Å². The van der Waals surface area contributed by atoms with E-state index in [1.54, 1.807) is 7.11 Å². The third kappa shape index (κ3) is 5.02. The molecule has 1 heterocycles. The summed E-state index contributed by atoms with van der Waals surface area (Å²) in [6.45, 7) is 14.1. The van der Waals surface area contributed by atoms with Crippen LogP contribution in [0, 0.1) is 16.7 Å². The number of ether oxygens (including phenoxy) is 2. The Balaban J connectivity index is 2.87. The van der Waals surface area contributed by atoms with Crippen LogP contribution >= 0.6 is 0 Å². The van der Waals surface area contributed by atoms with E-state index in [1.165, 1.54) is 0 Å². The molecule has 0 saturated carbocycles. The Hall–Kier alpha value is -0.760. The second kappa shape index (κ2) is 6.13. The second-order valence-electron chi connectivity index (χ2n) is 7.46. The van der Waals surface area contributed by atoms with Crippen molar-refractivity contribution in [1.82, 2.24) is 0 Å². The van der Waals surface area contributed by atoms with E-state index in [9.17, 15) is 0 Å². The van der Waals surface area contributed by atoms with Crippen LogP contribution < -0.4 is 0 Å². The normalized spacial score (nSPS) is 17.8. The molecule has 2 heteroatoms. The molecule has 0 aromatic carbocycles. The molecular weight excluding hydrogens is 236 g/mol. The van der Waals surface area contributed by atoms with E-state index >= 15 is 0 Å². The number of hydrogen-bond donors (Lipinski definition) is 0. The quantitative estimate of drug-likeness (QED) is 0.672. The summed E-state index contributed by atoms with van der Waals surface area (Å²) in [6.07, 6.45) is 6.77. The number of hydrogen-bond acceptors (Lipinski definition) is 2. The molecule has 0 unspecified atom stereocenters. The van der Waals surface area contributed by atoms with Gasteiger partial charge in [-0.15, -0.1) is 0 Å². The Morgan fingerprint density at radius 2 is 1.47 bits per heavy atom. The van der Waals surface area contributed by atoms with Crippen molar-refractivity contribution in [3.63, 3.8) is 0 Å². The van der Waals surface area contributed by atoms with Crippen molar-refractivity contribution in [2.45, 2.75) is 54.4 Å². The number of allylic oxidation sites excluding steroid dienone is 4. The van der Waals surface area contributed by atoms with Gasteiger partial charge >= 0.3 is 0 Å². The molecule has 2 nitrogen and oxygen atoms in total. The van der Waals surface area contributed by atoms with Crippen molar-refractivity contribution in [2.24, 2.45) is 16.7 Å². The number of rotatable bonds is 4. The Morgan fingerprint density at radius 1 is 1.00 bits per heavy atom. The van der Waals surface area contributed by atoms with Crippen LogP contribution in [0.2, 0.25) is 0 Å². The lowest BCUT2D eigenvalue weighted by molar-refractivity contribution is 0.150. The molecule has 19 heavy (non-hydrogen) atoms. The summed E-state index contributed by atoms with van der Waals surface area (Å²) < 4.78 is 11.3. The largest absolute Gasteiger partial charge is 0.466 e. The molecule has 1 aliphatic heterocycles. The van der Waals surface area contributed by atoms with E-state index in [0.29, 0.717) is 5.92 Å². The molecule has 0 bridgehead atoms. The lowest BCUT2D eigenvalue weighted by Gasteiger charge is -2.34. The maximum atomic E-state index is 6.14. The van der Waals surface area contributed by atoms with E-state index in [4.69, 9.17) is 9.47 Å². The molecular formula is C17H30O2. The molecule has 0 saturated heterocycles. The minimum atomic E-state index is 0.0598. The van der Waals surface area contributed by atoms with Gasteiger partial charge in [0.1, 0.15) is 11.5 Å². The summed E-state index contributed by atoms with van der Waals surface area (Å²) in [7, 11) is 1.76. The van der Waals surface area contributed by atoms with Crippen molar-refractivity contribution in [3.8, 4) is 0 Å². The van der Waals surface area contributed by atoms with Crippen molar-refractivity contribution >= 4 is 0 Å². The van der Waals surface area contributed by atoms with E-state index in [-0.39, 0.29) is 10.8 Å². The van der Waals surface area contributed by atoms with Crippen molar-refractivity contribution in [3.05, 3.63) is 23.7 Å². The summed E-state index contributed by atoms with van der Waals surface area (Å²) in [5.74, 6) is 2.66. The van der Waals surface area contributed by atoms with Gasteiger partial charge in [0.05, 0.1) is 0 Å². The van der Waals surface area contributed by atoms with E-state index in [1.807, 2.05) is 0 Å². The first-order chi connectivity index (χ1) is 8.64. The molecule has 1 rings (SSSR count). The molecule has 0 fully saturated rings. The van der Waals surface area contributed by atoms with Gasteiger partial charge in [-0.2, -0.15) is 0 Å². The fraction of sp³-hybridized carbons (Fsp3) is 0.765. The van der Waals surface area contributed by atoms with Gasteiger partial charge in [0.15, 0.2) is 0 Å². The van der Waals surface area contributed by atoms with Gasteiger partial charge in [0.25, 0.3) is 0 Å². The van der Waals surface area contributed by atoms with Crippen LogP contribution in [-0.2, 0) is 9.47 Å². The van der Waals surface area contributed by atoms with Gasteiger partial charge < -0.3 is 9.47 Å². The summed E-state index contributed by atoms with van der Waals surface area (Å²) in [5.41, 5.74) is 0.120.